The molecular formula is C23H24N2O2. The number of fused-ring (bicyclic) bond motifs is 1. The lowest BCUT2D eigenvalue weighted by atomic mass is 10.1. The van der Waals surface area contributed by atoms with Gasteiger partial charge in [-0.05, 0) is 49.8 Å². The van der Waals surface area contributed by atoms with Crippen LogP contribution in [0.15, 0.2) is 59.4 Å². The smallest absolute Gasteiger partial charge is 0.257 e. The van der Waals surface area contributed by atoms with Gasteiger partial charge in [0.2, 0.25) is 0 Å². The second-order valence-electron chi connectivity index (χ2n) is 7.13. The second-order valence-corrected chi connectivity index (χ2v) is 7.13. The maximum Gasteiger partial charge on any atom is 0.257 e. The topological polar surface area (TPSA) is 55.1 Å². The molecule has 27 heavy (non-hydrogen) atoms. The minimum absolute atomic E-state index is 0.0519. The first-order chi connectivity index (χ1) is 13.2. The highest BCUT2D eigenvalue weighted by Gasteiger charge is 2.20. The molecule has 4 nitrogen and oxygen atoms in total. The number of rotatable bonds is 4. The van der Waals surface area contributed by atoms with Crippen molar-refractivity contribution in [3.05, 3.63) is 81.8 Å². The Morgan fingerprint density at radius 1 is 0.926 bits per heavy atom. The molecule has 2 aromatic carbocycles. The molecule has 1 heterocycles. The highest BCUT2D eigenvalue weighted by molar-refractivity contribution is 5.64. The van der Waals surface area contributed by atoms with Gasteiger partial charge in [0.15, 0.2) is 0 Å². The number of benzene rings is 2. The van der Waals surface area contributed by atoms with Crippen LogP contribution in [-0.2, 0) is 25.8 Å². The van der Waals surface area contributed by atoms with Crippen molar-refractivity contribution in [2.75, 3.05) is 0 Å². The first-order valence-electron chi connectivity index (χ1n) is 9.69. The highest BCUT2D eigenvalue weighted by atomic mass is 16.3. The Kier molecular flexibility index (Phi) is 5.05. The monoisotopic (exact) mass is 360 g/mol. The molecule has 0 atom stereocenters. The Morgan fingerprint density at radius 3 is 2.48 bits per heavy atom. The molecule has 1 N–H and O–H groups in total. The van der Waals surface area contributed by atoms with E-state index in [1.54, 1.807) is 16.7 Å². The van der Waals surface area contributed by atoms with Gasteiger partial charge in [-0.15, -0.1) is 0 Å². The van der Waals surface area contributed by atoms with Crippen LogP contribution in [0.3, 0.4) is 0 Å². The van der Waals surface area contributed by atoms with E-state index in [2.05, 4.69) is 12.1 Å². The average Bonchev–Trinajstić information content (AvgIpc) is 2.94. The molecule has 1 aliphatic rings. The predicted molar refractivity (Wildman–Crippen MR) is 107 cm³/mol. The number of aromatic nitrogens is 2. The Balaban J connectivity index is 1.82. The van der Waals surface area contributed by atoms with Crippen LogP contribution in [0.2, 0.25) is 0 Å². The molecule has 0 bridgehead atoms. The van der Waals surface area contributed by atoms with Gasteiger partial charge in [-0.3, -0.25) is 9.36 Å². The molecule has 1 aliphatic carbocycles. The number of aromatic hydroxyl groups is 1. The summed E-state index contributed by atoms with van der Waals surface area (Å²) in [7, 11) is 0. The second kappa shape index (κ2) is 7.78. The summed E-state index contributed by atoms with van der Waals surface area (Å²) in [6, 6.07) is 17.3. The molecule has 1 aromatic heterocycles. The number of hydrogen-bond acceptors (Lipinski definition) is 3. The lowest BCUT2D eigenvalue weighted by Gasteiger charge is -2.17. The first-order valence-corrected chi connectivity index (χ1v) is 9.69. The number of phenolic OH excluding ortho intramolecular Hbond substituents is 1. The molecule has 0 saturated heterocycles. The summed E-state index contributed by atoms with van der Waals surface area (Å²) in [5, 5.41) is 10.4. The molecule has 0 fully saturated rings. The fraction of sp³-hybridized carbons (Fsp3) is 0.304. The van der Waals surface area contributed by atoms with Crippen LogP contribution in [0.5, 0.6) is 5.75 Å². The summed E-state index contributed by atoms with van der Waals surface area (Å²) >= 11 is 0. The summed E-state index contributed by atoms with van der Waals surface area (Å²) < 4.78 is 1.76. The van der Waals surface area contributed by atoms with E-state index in [0.717, 1.165) is 49.8 Å². The molecule has 0 spiro atoms. The molecule has 4 heteroatoms. The summed E-state index contributed by atoms with van der Waals surface area (Å²) in [6.45, 7) is 0.548. The van der Waals surface area contributed by atoms with E-state index in [4.69, 9.17) is 4.98 Å². The van der Waals surface area contributed by atoms with E-state index in [9.17, 15) is 9.90 Å². The van der Waals surface area contributed by atoms with Gasteiger partial charge in [0.25, 0.3) is 5.56 Å². The van der Waals surface area contributed by atoms with Crippen molar-refractivity contribution >= 4 is 0 Å². The van der Waals surface area contributed by atoms with E-state index < -0.39 is 0 Å². The van der Waals surface area contributed by atoms with Crippen LogP contribution in [-0.4, -0.2) is 14.7 Å². The first kappa shape index (κ1) is 17.5. The van der Waals surface area contributed by atoms with E-state index in [1.807, 2.05) is 30.3 Å². The minimum atomic E-state index is 0.0519. The number of phenols is 1. The third-order valence-corrected chi connectivity index (χ3v) is 5.30. The van der Waals surface area contributed by atoms with E-state index >= 15 is 0 Å². The summed E-state index contributed by atoms with van der Waals surface area (Å²) in [5.74, 6) is 0.737. The number of hydrogen-bond donors (Lipinski definition) is 1. The molecule has 0 aliphatic heterocycles. The van der Waals surface area contributed by atoms with Crippen molar-refractivity contribution in [3.63, 3.8) is 0 Å². The van der Waals surface area contributed by atoms with Gasteiger partial charge < -0.3 is 5.11 Å². The number of nitrogens with zero attached hydrogens (tertiary/aromatic N) is 2. The van der Waals surface area contributed by atoms with Crippen molar-refractivity contribution in [1.29, 1.82) is 0 Å². The molecule has 0 amide bonds. The van der Waals surface area contributed by atoms with Crippen LogP contribution in [0.4, 0.5) is 0 Å². The molecular weight excluding hydrogens is 336 g/mol. The van der Waals surface area contributed by atoms with Gasteiger partial charge >= 0.3 is 0 Å². The van der Waals surface area contributed by atoms with Gasteiger partial charge in [-0.1, -0.05) is 48.9 Å². The van der Waals surface area contributed by atoms with Crippen molar-refractivity contribution in [1.82, 2.24) is 9.55 Å². The Hall–Kier alpha value is -2.88. The predicted octanol–water partition coefficient (Wildman–Crippen LogP) is 4.13. The van der Waals surface area contributed by atoms with Crippen LogP contribution >= 0.6 is 0 Å². The lowest BCUT2D eigenvalue weighted by molar-refractivity contribution is 0.476. The molecule has 3 aromatic rings. The Bertz CT molecular complexity index is 993. The van der Waals surface area contributed by atoms with Gasteiger partial charge in [0.1, 0.15) is 11.6 Å². The van der Waals surface area contributed by atoms with E-state index in [0.29, 0.717) is 17.9 Å². The maximum absolute atomic E-state index is 13.3. The standard InChI is InChI=1S/C23H24N2O2/c26-21-14-8-7-12-19(21)22-24-20-13-6-2-5-11-18(20)23(27)25(22)16-15-17-9-3-1-4-10-17/h1,3-4,7-10,12,14,26H,2,5-6,11,13,15-16H2. The largest absolute Gasteiger partial charge is 0.507 e. The third-order valence-electron chi connectivity index (χ3n) is 5.30. The zero-order valence-electron chi connectivity index (χ0n) is 15.4. The summed E-state index contributed by atoms with van der Waals surface area (Å²) in [5.41, 5.74) is 3.62. The van der Waals surface area contributed by atoms with Crippen molar-refractivity contribution in [3.8, 4) is 17.1 Å². The SMILES string of the molecule is O=c1c2c(nc(-c3ccccc3O)n1CCc1ccccc1)CCCCC2. The molecule has 4 rings (SSSR count). The summed E-state index contributed by atoms with van der Waals surface area (Å²) in [6.07, 6.45) is 5.62. The van der Waals surface area contributed by atoms with Crippen LogP contribution < -0.4 is 5.56 Å². The highest BCUT2D eigenvalue weighted by Crippen LogP contribution is 2.28. The minimum Gasteiger partial charge on any atom is -0.507 e. The van der Waals surface area contributed by atoms with Crippen molar-refractivity contribution in [2.24, 2.45) is 0 Å². The van der Waals surface area contributed by atoms with Crippen LogP contribution in [0.1, 0.15) is 36.1 Å². The van der Waals surface area contributed by atoms with Crippen LogP contribution in [0.25, 0.3) is 11.4 Å². The van der Waals surface area contributed by atoms with Crippen LogP contribution in [0, 0.1) is 0 Å². The molecule has 0 unspecified atom stereocenters. The quantitative estimate of drug-likeness (QED) is 0.712. The van der Waals surface area contributed by atoms with Crippen molar-refractivity contribution < 1.29 is 5.11 Å². The Labute approximate surface area is 159 Å². The van der Waals surface area contributed by atoms with E-state index in [1.165, 1.54) is 5.56 Å². The van der Waals surface area contributed by atoms with E-state index in [-0.39, 0.29) is 11.3 Å². The summed E-state index contributed by atoms with van der Waals surface area (Å²) in [4.78, 5) is 18.2. The van der Waals surface area contributed by atoms with Gasteiger partial charge in [0, 0.05) is 12.1 Å². The molecule has 0 saturated carbocycles. The molecule has 0 radical (unpaired) electrons. The van der Waals surface area contributed by atoms with Gasteiger partial charge in [-0.2, -0.15) is 0 Å². The average molecular weight is 360 g/mol. The van der Waals surface area contributed by atoms with Crippen molar-refractivity contribution in [2.45, 2.75) is 45.1 Å². The number of para-hydroxylation sites is 1. The fourth-order valence-corrected chi connectivity index (χ4v) is 3.83. The third kappa shape index (κ3) is 3.65. The number of aryl methyl sites for hydroxylation is 2. The normalized spacial score (nSPS) is 13.8. The Morgan fingerprint density at radius 2 is 1.67 bits per heavy atom. The molecule has 138 valence electrons. The zero-order chi connectivity index (χ0) is 18.6. The zero-order valence-corrected chi connectivity index (χ0v) is 15.4. The van der Waals surface area contributed by atoms with Gasteiger partial charge in [-0.25, -0.2) is 4.98 Å². The maximum atomic E-state index is 13.3. The van der Waals surface area contributed by atoms with Gasteiger partial charge in [0.05, 0.1) is 11.3 Å². The fourth-order valence-electron chi connectivity index (χ4n) is 3.83. The lowest BCUT2D eigenvalue weighted by Crippen LogP contribution is -2.29.